The number of halogens is 1. The molecule has 0 unspecified atom stereocenters. The maximum absolute atomic E-state index is 12.4. The van der Waals surface area contributed by atoms with Gasteiger partial charge in [-0.2, -0.15) is 0 Å². The molecule has 1 N–H and O–H groups in total. The summed E-state index contributed by atoms with van der Waals surface area (Å²) in [5.41, 5.74) is 3.00. The number of para-hydroxylation sites is 1. The van der Waals surface area contributed by atoms with E-state index in [-0.39, 0.29) is 18.3 Å². The van der Waals surface area contributed by atoms with E-state index < -0.39 is 0 Å². The van der Waals surface area contributed by atoms with Gasteiger partial charge in [0.15, 0.2) is 11.0 Å². The molecule has 6 nitrogen and oxygen atoms in total. The van der Waals surface area contributed by atoms with Gasteiger partial charge < -0.3 is 10.1 Å². The van der Waals surface area contributed by atoms with Crippen molar-refractivity contribution in [1.82, 2.24) is 14.8 Å². The lowest BCUT2D eigenvalue weighted by Gasteiger charge is -2.11. The smallest absolute Gasteiger partial charge is 0.234 e. The number of benzene rings is 2. The van der Waals surface area contributed by atoms with Crippen molar-refractivity contribution in [2.45, 2.75) is 32.2 Å². The molecule has 0 atom stereocenters. The number of aromatic nitrogens is 3. The molecule has 156 valence electrons. The minimum absolute atomic E-state index is 0.103. The Bertz CT molecular complexity index is 1050. The maximum Gasteiger partial charge on any atom is 0.234 e. The minimum Gasteiger partial charge on any atom is -0.484 e. The molecule has 0 fully saturated rings. The van der Waals surface area contributed by atoms with Gasteiger partial charge in [-0.3, -0.25) is 9.36 Å². The Balaban J connectivity index is 1.63. The number of anilines is 1. The van der Waals surface area contributed by atoms with Gasteiger partial charge in [-0.1, -0.05) is 59.3 Å². The Hall–Kier alpha value is -2.77. The maximum atomic E-state index is 12.4. The molecule has 30 heavy (non-hydrogen) atoms. The van der Waals surface area contributed by atoms with Gasteiger partial charge >= 0.3 is 0 Å². The fourth-order valence-electron chi connectivity index (χ4n) is 2.82. The van der Waals surface area contributed by atoms with E-state index in [1.807, 2.05) is 48.7 Å². The van der Waals surface area contributed by atoms with Crippen LogP contribution in [0.25, 0.3) is 0 Å². The van der Waals surface area contributed by atoms with Crippen molar-refractivity contribution in [2.75, 3.05) is 11.1 Å². The van der Waals surface area contributed by atoms with Gasteiger partial charge in [-0.15, -0.1) is 16.8 Å². The van der Waals surface area contributed by atoms with Crippen LogP contribution in [0.15, 0.2) is 60.3 Å². The molecule has 0 aliphatic carbocycles. The lowest BCUT2D eigenvalue weighted by molar-refractivity contribution is -0.113. The molecule has 0 aliphatic rings. The van der Waals surface area contributed by atoms with Crippen LogP contribution < -0.4 is 10.1 Å². The second kappa shape index (κ2) is 10.3. The number of aryl methyl sites for hydroxylation is 2. The van der Waals surface area contributed by atoms with Crippen LogP contribution >= 0.6 is 23.4 Å². The zero-order valence-corrected chi connectivity index (χ0v) is 18.5. The third kappa shape index (κ3) is 5.64. The monoisotopic (exact) mass is 442 g/mol. The summed E-state index contributed by atoms with van der Waals surface area (Å²) < 4.78 is 7.65. The van der Waals surface area contributed by atoms with E-state index in [0.29, 0.717) is 28.3 Å². The number of carbonyl (C=O) groups is 1. The number of allylic oxidation sites excluding steroid dienone is 1. The SMILES string of the molecule is C=CCn1c(COc2ccccc2Cl)nnc1SCC(=O)Nc1ccc(C)cc1C. The summed E-state index contributed by atoms with van der Waals surface area (Å²) in [5.74, 6) is 1.32. The fraction of sp³-hybridized carbons (Fsp3) is 0.227. The predicted molar refractivity (Wildman–Crippen MR) is 121 cm³/mol. The van der Waals surface area contributed by atoms with Gasteiger partial charge in [0.1, 0.15) is 12.4 Å². The first-order valence-corrected chi connectivity index (χ1v) is 10.7. The van der Waals surface area contributed by atoms with Crippen LogP contribution in [-0.4, -0.2) is 26.4 Å². The predicted octanol–water partition coefficient (Wildman–Crippen LogP) is 5.04. The molecular formula is C22H23ClN4O2S. The molecule has 0 spiro atoms. The summed E-state index contributed by atoms with van der Waals surface area (Å²) in [6, 6.07) is 13.2. The van der Waals surface area contributed by atoms with Gasteiger partial charge in [-0.25, -0.2) is 0 Å². The van der Waals surface area contributed by atoms with E-state index in [0.717, 1.165) is 16.8 Å². The molecule has 3 aromatic rings. The van der Waals surface area contributed by atoms with E-state index in [4.69, 9.17) is 16.3 Å². The Kier molecular flexibility index (Phi) is 7.54. The van der Waals surface area contributed by atoms with Crippen LogP contribution in [0.2, 0.25) is 5.02 Å². The molecule has 0 saturated heterocycles. The fourth-order valence-corrected chi connectivity index (χ4v) is 3.78. The van der Waals surface area contributed by atoms with Crippen LogP contribution in [-0.2, 0) is 17.9 Å². The summed E-state index contributed by atoms with van der Waals surface area (Å²) in [4.78, 5) is 12.4. The van der Waals surface area contributed by atoms with Crippen LogP contribution in [0.4, 0.5) is 5.69 Å². The first kappa shape index (κ1) is 21.9. The van der Waals surface area contributed by atoms with Crippen LogP contribution in [0.5, 0.6) is 5.75 Å². The van der Waals surface area contributed by atoms with Crippen molar-refractivity contribution in [3.63, 3.8) is 0 Å². The third-order valence-electron chi connectivity index (χ3n) is 4.29. The number of amides is 1. The molecule has 1 heterocycles. The van der Waals surface area contributed by atoms with Gasteiger partial charge in [0.25, 0.3) is 0 Å². The van der Waals surface area contributed by atoms with Crippen molar-refractivity contribution >= 4 is 35.0 Å². The van der Waals surface area contributed by atoms with Gasteiger partial charge in [-0.05, 0) is 37.6 Å². The molecule has 0 radical (unpaired) electrons. The highest BCUT2D eigenvalue weighted by Gasteiger charge is 2.15. The number of nitrogens with zero attached hydrogens (tertiary/aromatic N) is 3. The Labute approximate surface area is 185 Å². The van der Waals surface area contributed by atoms with Gasteiger partial charge in [0.05, 0.1) is 10.8 Å². The lowest BCUT2D eigenvalue weighted by atomic mass is 10.1. The zero-order valence-electron chi connectivity index (χ0n) is 16.9. The van der Waals surface area contributed by atoms with E-state index in [9.17, 15) is 4.79 Å². The first-order valence-electron chi connectivity index (χ1n) is 9.38. The molecule has 2 aromatic carbocycles. The molecule has 8 heteroatoms. The van der Waals surface area contributed by atoms with E-state index in [1.54, 1.807) is 18.2 Å². The second-order valence-electron chi connectivity index (χ2n) is 6.67. The number of thioether (sulfide) groups is 1. The summed E-state index contributed by atoms with van der Waals surface area (Å²) >= 11 is 7.45. The summed E-state index contributed by atoms with van der Waals surface area (Å²) in [7, 11) is 0. The standard InChI is InChI=1S/C22H23ClN4O2S/c1-4-11-27-20(13-29-19-8-6-5-7-17(19)23)25-26-22(27)30-14-21(28)24-18-10-9-15(2)12-16(18)3/h4-10,12H,1,11,13-14H2,2-3H3,(H,24,28). The number of hydrogen-bond acceptors (Lipinski definition) is 5. The van der Waals surface area contributed by atoms with E-state index in [2.05, 4.69) is 22.1 Å². The first-order chi connectivity index (χ1) is 14.5. The molecule has 1 amide bonds. The molecule has 0 aliphatic heterocycles. The molecular weight excluding hydrogens is 420 g/mol. The summed E-state index contributed by atoms with van der Waals surface area (Å²) in [6.07, 6.45) is 1.75. The highest BCUT2D eigenvalue weighted by atomic mass is 35.5. The average Bonchev–Trinajstić information content (AvgIpc) is 3.10. The van der Waals surface area contributed by atoms with E-state index >= 15 is 0 Å². The summed E-state index contributed by atoms with van der Waals surface area (Å²) in [5, 5.41) is 12.5. The number of ether oxygens (including phenoxy) is 1. The number of carbonyl (C=O) groups excluding carboxylic acids is 1. The van der Waals surface area contributed by atoms with Crippen molar-refractivity contribution in [1.29, 1.82) is 0 Å². The van der Waals surface area contributed by atoms with Crippen LogP contribution in [0, 0.1) is 13.8 Å². The molecule has 3 rings (SSSR count). The highest BCUT2D eigenvalue weighted by Crippen LogP contribution is 2.25. The number of rotatable bonds is 9. The molecule has 0 bridgehead atoms. The summed E-state index contributed by atoms with van der Waals surface area (Å²) in [6.45, 7) is 8.50. The van der Waals surface area contributed by atoms with E-state index in [1.165, 1.54) is 11.8 Å². The van der Waals surface area contributed by atoms with Crippen molar-refractivity contribution in [3.8, 4) is 5.75 Å². The Morgan fingerprint density at radius 1 is 1.27 bits per heavy atom. The van der Waals surface area contributed by atoms with Gasteiger partial charge in [0.2, 0.25) is 5.91 Å². The Morgan fingerprint density at radius 3 is 2.80 bits per heavy atom. The number of hydrogen-bond donors (Lipinski definition) is 1. The largest absolute Gasteiger partial charge is 0.484 e. The van der Waals surface area contributed by atoms with Crippen molar-refractivity contribution < 1.29 is 9.53 Å². The zero-order chi connectivity index (χ0) is 21.5. The average molecular weight is 443 g/mol. The normalized spacial score (nSPS) is 10.6. The molecule has 1 aromatic heterocycles. The van der Waals surface area contributed by atoms with Crippen molar-refractivity contribution in [3.05, 3.63) is 77.1 Å². The highest BCUT2D eigenvalue weighted by molar-refractivity contribution is 7.99. The Morgan fingerprint density at radius 2 is 2.07 bits per heavy atom. The van der Waals surface area contributed by atoms with Crippen LogP contribution in [0.3, 0.4) is 0 Å². The topological polar surface area (TPSA) is 69.0 Å². The van der Waals surface area contributed by atoms with Crippen LogP contribution in [0.1, 0.15) is 17.0 Å². The lowest BCUT2D eigenvalue weighted by Crippen LogP contribution is -2.15. The van der Waals surface area contributed by atoms with Gasteiger partial charge in [0, 0.05) is 12.2 Å². The second-order valence-corrected chi connectivity index (χ2v) is 8.02. The minimum atomic E-state index is -0.103. The van der Waals surface area contributed by atoms with Crippen molar-refractivity contribution in [2.24, 2.45) is 0 Å². The quantitative estimate of drug-likeness (QED) is 0.371. The third-order valence-corrected chi connectivity index (χ3v) is 5.57. The molecule has 0 saturated carbocycles. The number of nitrogens with one attached hydrogen (secondary N) is 1.